The third-order valence-corrected chi connectivity index (χ3v) is 2.37. The van der Waals surface area contributed by atoms with Crippen molar-refractivity contribution < 1.29 is 10.0 Å². The van der Waals surface area contributed by atoms with Crippen molar-refractivity contribution in [1.82, 2.24) is 4.98 Å². The van der Waals surface area contributed by atoms with Gasteiger partial charge >= 0.3 is 5.69 Å². The van der Waals surface area contributed by atoms with Crippen molar-refractivity contribution >= 4 is 22.3 Å². The molecule has 2 N–H and O–H groups in total. The topological polar surface area (TPSA) is 88.3 Å². The van der Waals surface area contributed by atoms with Gasteiger partial charge in [0.1, 0.15) is 5.69 Å². The molecule has 0 bridgehead atoms. The Morgan fingerprint density at radius 3 is 2.94 bits per heavy atom. The van der Waals surface area contributed by atoms with Gasteiger partial charge in [0.2, 0.25) is 0 Å². The number of nitro groups is 1. The third-order valence-electron chi connectivity index (χ3n) is 2.37. The molecule has 0 fully saturated rings. The van der Waals surface area contributed by atoms with Gasteiger partial charge in [-0.1, -0.05) is 0 Å². The monoisotopic (exact) mass is 233 g/mol. The van der Waals surface area contributed by atoms with Crippen molar-refractivity contribution in [3.05, 3.63) is 40.6 Å². The number of nitrogens with one attached hydrogen (secondary N) is 1. The number of hydrogen-bond acceptors (Lipinski definition) is 5. The first-order chi connectivity index (χ1) is 8.24. The molecule has 6 heteroatoms. The fourth-order valence-corrected chi connectivity index (χ4v) is 1.67. The van der Waals surface area contributed by atoms with Crippen LogP contribution in [0.2, 0.25) is 0 Å². The van der Waals surface area contributed by atoms with E-state index < -0.39 is 4.92 Å². The molecule has 17 heavy (non-hydrogen) atoms. The largest absolute Gasteiger partial charge is 0.395 e. The maximum Gasteiger partial charge on any atom is 0.301 e. The zero-order chi connectivity index (χ0) is 12.3. The van der Waals surface area contributed by atoms with E-state index in [1.807, 2.05) is 0 Å². The number of benzene rings is 1. The van der Waals surface area contributed by atoms with Crippen LogP contribution < -0.4 is 5.32 Å². The molecular formula is C11H11N3O3. The van der Waals surface area contributed by atoms with E-state index in [0.29, 0.717) is 16.6 Å². The quantitative estimate of drug-likeness (QED) is 0.617. The van der Waals surface area contributed by atoms with Crippen molar-refractivity contribution in [2.24, 2.45) is 0 Å². The number of rotatable bonds is 4. The van der Waals surface area contributed by atoms with Crippen LogP contribution in [0.5, 0.6) is 0 Å². The minimum Gasteiger partial charge on any atom is -0.395 e. The molecule has 1 heterocycles. The maximum absolute atomic E-state index is 11.1. The Labute approximate surface area is 97.1 Å². The number of hydrogen-bond donors (Lipinski definition) is 2. The zero-order valence-electron chi connectivity index (χ0n) is 8.96. The minimum absolute atomic E-state index is 0.0101. The molecule has 6 nitrogen and oxygen atoms in total. The van der Waals surface area contributed by atoms with Gasteiger partial charge in [-0.05, 0) is 24.3 Å². The Balaban J connectivity index is 2.60. The van der Waals surface area contributed by atoms with Crippen molar-refractivity contribution in [1.29, 1.82) is 0 Å². The lowest BCUT2D eigenvalue weighted by molar-refractivity contribution is -0.382. The smallest absolute Gasteiger partial charge is 0.301 e. The van der Waals surface area contributed by atoms with Gasteiger partial charge in [0.05, 0.1) is 22.4 Å². The number of aromatic nitrogens is 1. The predicted octanol–water partition coefficient (Wildman–Crippen LogP) is 1.55. The lowest BCUT2D eigenvalue weighted by Crippen LogP contribution is -2.07. The Morgan fingerprint density at radius 2 is 2.24 bits per heavy atom. The highest BCUT2D eigenvalue weighted by Gasteiger charge is 2.18. The summed E-state index contributed by atoms with van der Waals surface area (Å²) in [4.78, 5) is 14.7. The van der Waals surface area contributed by atoms with E-state index >= 15 is 0 Å². The van der Waals surface area contributed by atoms with Gasteiger partial charge in [0.25, 0.3) is 0 Å². The summed E-state index contributed by atoms with van der Waals surface area (Å²) in [5.74, 6) is 0. The average Bonchev–Trinajstić information content (AvgIpc) is 2.35. The second-order valence-corrected chi connectivity index (χ2v) is 3.44. The molecule has 0 spiro atoms. The molecule has 0 radical (unpaired) electrons. The summed E-state index contributed by atoms with van der Waals surface area (Å²) in [5, 5.41) is 23.1. The Bertz CT molecular complexity index is 557. The van der Waals surface area contributed by atoms with E-state index in [9.17, 15) is 10.1 Å². The summed E-state index contributed by atoms with van der Waals surface area (Å²) in [7, 11) is 0. The SMILES string of the molecule is O=[N+]([O-])c1c(NCCO)ccc2ncccc12. The molecular weight excluding hydrogens is 222 g/mol. The van der Waals surface area contributed by atoms with Crippen molar-refractivity contribution in [3.8, 4) is 0 Å². The van der Waals surface area contributed by atoms with E-state index in [2.05, 4.69) is 10.3 Å². The van der Waals surface area contributed by atoms with Gasteiger partial charge in [-0.3, -0.25) is 15.1 Å². The van der Waals surface area contributed by atoms with E-state index in [4.69, 9.17) is 5.11 Å². The van der Waals surface area contributed by atoms with Crippen LogP contribution in [0.1, 0.15) is 0 Å². The van der Waals surface area contributed by atoms with Crippen LogP contribution in [0.3, 0.4) is 0 Å². The minimum atomic E-state index is -0.441. The highest BCUT2D eigenvalue weighted by Crippen LogP contribution is 2.32. The lowest BCUT2D eigenvalue weighted by Gasteiger charge is -2.07. The molecule has 0 aliphatic carbocycles. The Kier molecular flexibility index (Phi) is 3.15. The third kappa shape index (κ3) is 2.16. The summed E-state index contributed by atoms with van der Waals surface area (Å²) in [6.45, 7) is 0.189. The van der Waals surface area contributed by atoms with Crippen molar-refractivity contribution in [2.45, 2.75) is 0 Å². The first-order valence-electron chi connectivity index (χ1n) is 5.11. The molecule has 0 aliphatic rings. The molecule has 88 valence electrons. The number of anilines is 1. The highest BCUT2D eigenvalue weighted by molar-refractivity contribution is 5.94. The van der Waals surface area contributed by atoms with Crippen LogP contribution in [0.25, 0.3) is 10.9 Å². The van der Waals surface area contributed by atoms with E-state index in [1.165, 1.54) is 0 Å². The van der Waals surface area contributed by atoms with E-state index in [0.717, 1.165) is 0 Å². The lowest BCUT2D eigenvalue weighted by atomic mass is 10.1. The van der Waals surface area contributed by atoms with Gasteiger partial charge in [-0.15, -0.1) is 0 Å². The number of nitro benzene ring substituents is 1. The fourth-order valence-electron chi connectivity index (χ4n) is 1.67. The van der Waals surface area contributed by atoms with Gasteiger partial charge in [0.15, 0.2) is 0 Å². The number of fused-ring (bicyclic) bond motifs is 1. The van der Waals surface area contributed by atoms with E-state index in [1.54, 1.807) is 30.5 Å². The second-order valence-electron chi connectivity index (χ2n) is 3.44. The molecule has 0 atom stereocenters. The van der Waals surface area contributed by atoms with Gasteiger partial charge < -0.3 is 10.4 Å². The second kappa shape index (κ2) is 4.75. The number of aliphatic hydroxyl groups is 1. The predicted molar refractivity (Wildman–Crippen MR) is 64.0 cm³/mol. The first kappa shape index (κ1) is 11.3. The summed E-state index contributed by atoms with van der Waals surface area (Å²) in [6, 6.07) is 6.63. The van der Waals surface area contributed by atoms with Crippen LogP contribution in [-0.4, -0.2) is 28.2 Å². The molecule has 0 aliphatic heterocycles. The number of nitrogens with zero attached hydrogens (tertiary/aromatic N) is 2. The van der Waals surface area contributed by atoms with Gasteiger partial charge in [-0.25, -0.2) is 0 Å². The molecule has 1 aromatic heterocycles. The fraction of sp³-hybridized carbons (Fsp3) is 0.182. The standard InChI is InChI=1S/C11H11N3O3/c15-7-6-13-10-4-3-9-8(2-1-5-12-9)11(10)14(16)17/h1-5,13,15H,6-7H2. The molecule has 0 amide bonds. The number of pyridine rings is 1. The van der Waals surface area contributed by atoms with Gasteiger partial charge in [0, 0.05) is 12.7 Å². The molecule has 2 aromatic rings. The van der Waals surface area contributed by atoms with Crippen LogP contribution in [0, 0.1) is 10.1 Å². The van der Waals surface area contributed by atoms with Crippen LogP contribution in [-0.2, 0) is 0 Å². The average molecular weight is 233 g/mol. The number of aliphatic hydroxyl groups excluding tert-OH is 1. The summed E-state index contributed by atoms with van der Waals surface area (Å²) in [6.07, 6.45) is 1.59. The Hall–Kier alpha value is -2.21. The Morgan fingerprint density at radius 1 is 1.41 bits per heavy atom. The highest BCUT2D eigenvalue weighted by atomic mass is 16.6. The van der Waals surface area contributed by atoms with Crippen LogP contribution in [0.4, 0.5) is 11.4 Å². The van der Waals surface area contributed by atoms with Crippen molar-refractivity contribution in [2.75, 3.05) is 18.5 Å². The molecule has 0 saturated heterocycles. The normalized spacial score (nSPS) is 10.4. The molecule has 0 unspecified atom stereocenters. The summed E-state index contributed by atoms with van der Waals surface area (Å²) >= 11 is 0. The van der Waals surface area contributed by atoms with Gasteiger partial charge in [-0.2, -0.15) is 0 Å². The molecule has 0 saturated carbocycles. The van der Waals surface area contributed by atoms with Crippen molar-refractivity contribution in [3.63, 3.8) is 0 Å². The zero-order valence-corrected chi connectivity index (χ0v) is 8.96. The van der Waals surface area contributed by atoms with Crippen LogP contribution in [0.15, 0.2) is 30.5 Å². The molecule has 1 aromatic carbocycles. The first-order valence-corrected chi connectivity index (χ1v) is 5.11. The van der Waals surface area contributed by atoms with Crippen LogP contribution >= 0.6 is 0 Å². The maximum atomic E-state index is 11.1. The summed E-state index contributed by atoms with van der Waals surface area (Å²) in [5.41, 5.74) is 0.961. The van der Waals surface area contributed by atoms with E-state index in [-0.39, 0.29) is 18.8 Å². The summed E-state index contributed by atoms with van der Waals surface area (Å²) < 4.78 is 0. The molecule has 2 rings (SSSR count).